The largest absolute Gasteiger partial charge is 0.490 e. The summed E-state index contributed by atoms with van der Waals surface area (Å²) >= 11 is 12.8. The molecule has 0 saturated heterocycles. The van der Waals surface area contributed by atoms with E-state index >= 15 is 0 Å². The fourth-order valence-electron chi connectivity index (χ4n) is 2.97. The zero-order valence-corrected chi connectivity index (χ0v) is 18.9. The van der Waals surface area contributed by atoms with Gasteiger partial charge in [-0.15, -0.1) is 0 Å². The summed E-state index contributed by atoms with van der Waals surface area (Å²) in [4.78, 5) is 25.1. The molecule has 1 atom stereocenters. The number of nitrogens with one attached hydrogen (secondary N) is 2. The monoisotopic (exact) mass is 442 g/mol. The molecule has 0 saturated carbocycles. The molecule has 1 aliphatic heterocycles. The maximum Gasteiger partial charge on any atom is 0.338 e. The van der Waals surface area contributed by atoms with Crippen molar-refractivity contribution in [3.8, 4) is 5.75 Å². The van der Waals surface area contributed by atoms with Gasteiger partial charge in [0, 0.05) is 5.70 Å². The molecule has 1 unspecified atom stereocenters. The first kappa shape index (κ1) is 23.4. The summed E-state index contributed by atoms with van der Waals surface area (Å²) in [5, 5.41) is 6.14. The predicted octanol–water partition coefficient (Wildman–Crippen LogP) is 5.39. The lowest BCUT2D eigenvalue weighted by atomic mass is 9.93. The van der Waals surface area contributed by atoms with Gasteiger partial charge in [-0.2, -0.15) is 0 Å². The molecule has 8 heteroatoms. The molecule has 0 bridgehead atoms. The van der Waals surface area contributed by atoms with Gasteiger partial charge in [-0.05, 0) is 43.9 Å². The summed E-state index contributed by atoms with van der Waals surface area (Å²) in [6.45, 7) is 10.0. The van der Waals surface area contributed by atoms with Crippen LogP contribution in [0.1, 0.15) is 59.1 Å². The molecule has 2 rings (SSSR count). The lowest BCUT2D eigenvalue weighted by Crippen LogP contribution is -2.46. The quantitative estimate of drug-likeness (QED) is 0.529. The lowest BCUT2D eigenvalue weighted by molar-refractivity contribution is -0.143. The second-order valence-electron chi connectivity index (χ2n) is 7.65. The van der Waals surface area contributed by atoms with E-state index in [2.05, 4.69) is 10.6 Å². The van der Waals surface area contributed by atoms with Crippen molar-refractivity contribution < 1.29 is 19.1 Å². The Morgan fingerprint density at radius 3 is 2.31 bits per heavy atom. The molecule has 6 nitrogen and oxygen atoms in total. The van der Waals surface area contributed by atoms with Crippen molar-refractivity contribution >= 4 is 35.2 Å². The van der Waals surface area contributed by atoms with Gasteiger partial charge in [0.1, 0.15) is 0 Å². The number of hydrogen-bond acceptors (Lipinski definition) is 4. The summed E-state index contributed by atoms with van der Waals surface area (Å²) in [6, 6.07) is 2.19. The SMILES string of the molecule is CCCC1=C(C(=O)OC(C)C)C(c2cc(Cl)c(OCC(C)C)c(Cl)c2)NC(=O)N1. The third-order valence-corrected chi connectivity index (χ3v) is 4.69. The van der Waals surface area contributed by atoms with E-state index in [9.17, 15) is 9.59 Å². The van der Waals surface area contributed by atoms with Gasteiger partial charge in [-0.25, -0.2) is 9.59 Å². The van der Waals surface area contributed by atoms with Crippen LogP contribution in [0.2, 0.25) is 10.0 Å². The number of amides is 2. The van der Waals surface area contributed by atoms with Crippen LogP contribution in [0.4, 0.5) is 4.79 Å². The topological polar surface area (TPSA) is 76.7 Å². The molecule has 1 aliphatic rings. The third kappa shape index (κ3) is 6.03. The minimum Gasteiger partial charge on any atom is -0.490 e. The second-order valence-corrected chi connectivity index (χ2v) is 8.46. The van der Waals surface area contributed by atoms with E-state index in [0.29, 0.717) is 51.6 Å². The molecule has 1 aromatic rings. The van der Waals surface area contributed by atoms with Crippen LogP contribution in [0, 0.1) is 5.92 Å². The molecule has 29 heavy (non-hydrogen) atoms. The maximum atomic E-state index is 12.8. The normalized spacial score (nSPS) is 16.7. The highest BCUT2D eigenvalue weighted by atomic mass is 35.5. The first-order chi connectivity index (χ1) is 13.6. The molecule has 0 spiro atoms. The highest BCUT2D eigenvalue weighted by molar-refractivity contribution is 6.37. The highest BCUT2D eigenvalue weighted by Crippen LogP contribution is 2.39. The van der Waals surface area contributed by atoms with Gasteiger partial charge >= 0.3 is 12.0 Å². The number of carbonyl (C=O) groups is 2. The van der Waals surface area contributed by atoms with E-state index in [1.165, 1.54) is 0 Å². The number of urea groups is 1. The fourth-order valence-corrected chi connectivity index (χ4v) is 3.58. The van der Waals surface area contributed by atoms with Crippen molar-refractivity contribution in [2.75, 3.05) is 6.61 Å². The summed E-state index contributed by atoms with van der Waals surface area (Å²) in [5.41, 5.74) is 1.47. The second kappa shape index (κ2) is 10.2. The number of halogens is 2. The van der Waals surface area contributed by atoms with Crippen molar-refractivity contribution in [2.24, 2.45) is 5.92 Å². The molecular formula is C21H28Cl2N2O4. The maximum absolute atomic E-state index is 12.8. The van der Waals surface area contributed by atoms with Gasteiger partial charge in [0.2, 0.25) is 0 Å². The number of rotatable bonds is 8. The first-order valence-electron chi connectivity index (χ1n) is 9.77. The van der Waals surface area contributed by atoms with Gasteiger partial charge in [0.25, 0.3) is 0 Å². The van der Waals surface area contributed by atoms with E-state index in [-0.39, 0.29) is 6.10 Å². The Morgan fingerprint density at radius 1 is 1.17 bits per heavy atom. The molecule has 0 aliphatic carbocycles. The molecule has 1 aromatic carbocycles. The Balaban J connectivity index is 2.49. The van der Waals surface area contributed by atoms with Gasteiger partial charge in [-0.1, -0.05) is 50.4 Å². The Hall–Kier alpha value is -1.92. The standard InChI is InChI=1S/C21H28Cl2N2O4/c1-6-7-16-17(20(26)29-12(4)5)18(25-21(27)24-16)13-8-14(22)19(15(23)9-13)28-10-11(2)3/h8-9,11-12,18H,6-7,10H2,1-5H3,(H2,24,25,27). The van der Waals surface area contributed by atoms with Crippen LogP contribution in [0.5, 0.6) is 5.75 Å². The molecule has 0 fully saturated rings. The van der Waals surface area contributed by atoms with Crippen LogP contribution in [-0.2, 0) is 9.53 Å². The molecule has 160 valence electrons. The Labute approximate surface area is 181 Å². The van der Waals surface area contributed by atoms with Crippen LogP contribution >= 0.6 is 23.2 Å². The van der Waals surface area contributed by atoms with Gasteiger partial charge in [0.05, 0.1) is 34.4 Å². The van der Waals surface area contributed by atoms with Crippen molar-refractivity contribution in [1.82, 2.24) is 10.6 Å². The minimum atomic E-state index is -0.731. The van der Waals surface area contributed by atoms with E-state index in [0.717, 1.165) is 6.42 Å². The fraction of sp³-hybridized carbons (Fsp3) is 0.524. The average molecular weight is 443 g/mol. The highest BCUT2D eigenvalue weighted by Gasteiger charge is 2.34. The van der Waals surface area contributed by atoms with Gasteiger partial charge in [0.15, 0.2) is 5.75 Å². The number of allylic oxidation sites excluding steroid dienone is 1. The average Bonchev–Trinajstić information content (AvgIpc) is 2.59. The molecule has 0 aromatic heterocycles. The lowest BCUT2D eigenvalue weighted by Gasteiger charge is -2.30. The van der Waals surface area contributed by atoms with Gasteiger partial charge < -0.3 is 20.1 Å². The third-order valence-electron chi connectivity index (χ3n) is 4.13. The number of ether oxygens (including phenoxy) is 2. The number of esters is 1. The van der Waals surface area contributed by atoms with Crippen molar-refractivity contribution in [3.05, 3.63) is 39.0 Å². The van der Waals surface area contributed by atoms with Crippen LogP contribution in [0.15, 0.2) is 23.4 Å². The number of carbonyl (C=O) groups excluding carboxylic acids is 2. The van der Waals surface area contributed by atoms with E-state index < -0.39 is 18.0 Å². The summed E-state index contributed by atoms with van der Waals surface area (Å²) in [7, 11) is 0. The predicted molar refractivity (Wildman–Crippen MR) is 114 cm³/mol. The molecule has 2 amide bonds. The minimum absolute atomic E-state index is 0.296. The van der Waals surface area contributed by atoms with E-state index in [4.69, 9.17) is 32.7 Å². The summed E-state index contributed by atoms with van der Waals surface area (Å²) in [5.74, 6) is 0.200. The van der Waals surface area contributed by atoms with Crippen molar-refractivity contribution in [1.29, 1.82) is 0 Å². The first-order valence-corrected chi connectivity index (χ1v) is 10.5. The van der Waals surface area contributed by atoms with Gasteiger partial charge in [-0.3, -0.25) is 0 Å². The number of hydrogen-bond donors (Lipinski definition) is 2. The zero-order valence-electron chi connectivity index (χ0n) is 17.4. The van der Waals surface area contributed by atoms with Crippen LogP contribution < -0.4 is 15.4 Å². The van der Waals surface area contributed by atoms with Crippen molar-refractivity contribution in [3.63, 3.8) is 0 Å². The Bertz CT molecular complexity index is 783. The van der Waals surface area contributed by atoms with Crippen LogP contribution in [-0.4, -0.2) is 24.7 Å². The van der Waals surface area contributed by atoms with Crippen LogP contribution in [0.3, 0.4) is 0 Å². The summed E-state index contributed by atoms with van der Waals surface area (Å²) in [6.07, 6.45) is 0.989. The molecular weight excluding hydrogens is 415 g/mol. The Morgan fingerprint density at radius 2 is 1.79 bits per heavy atom. The molecule has 1 heterocycles. The van der Waals surface area contributed by atoms with E-state index in [1.807, 2.05) is 20.8 Å². The van der Waals surface area contributed by atoms with Crippen molar-refractivity contribution in [2.45, 2.75) is 59.6 Å². The zero-order chi connectivity index (χ0) is 21.7. The van der Waals surface area contributed by atoms with E-state index in [1.54, 1.807) is 26.0 Å². The van der Waals surface area contributed by atoms with Crippen LogP contribution in [0.25, 0.3) is 0 Å². The smallest absolute Gasteiger partial charge is 0.338 e. The number of benzene rings is 1. The molecule has 2 N–H and O–H groups in total. The molecule has 0 radical (unpaired) electrons. The summed E-state index contributed by atoms with van der Waals surface area (Å²) < 4.78 is 11.1. The Kier molecular flexibility index (Phi) is 8.23.